The van der Waals surface area contributed by atoms with Crippen LogP contribution in [0.3, 0.4) is 0 Å². The van der Waals surface area contributed by atoms with Crippen LogP contribution in [0.4, 0.5) is 0 Å². The zero-order valence-electron chi connectivity index (χ0n) is 24.9. The van der Waals surface area contributed by atoms with Crippen LogP contribution in [0.25, 0.3) is 6.08 Å². The number of methoxy groups -OCH3 is 1. The SMILES string of the molecule is COC(=O)C1=C(C)N(CCc2ccccc2)C(=O)/C1=C/c1ccc(CN(Cc2ccc(Cl)c(Cl)c2)S(=O)(=O)c2ccc(Cl)cc2)o1. The summed E-state index contributed by atoms with van der Waals surface area (Å²) >= 11 is 18.3. The van der Waals surface area contributed by atoms with E-state index in [2.05, 4.69) is 0 Å². The third kappa shape index (κ3) is 7.40. The quantitative estimate of drug-likeness (QED) is 0.119. The molecule has 0 radical (unpaired) electrons. The van der Waals surface area contributed by atoms with Gasteiger partial charge in [-0.1, -0.05) is 71.2 Å². The van der Waals surface area contributed by atoms with Gasteiger partial charge in [-0.05, 0) is 79.1 Å². The van der Waals surface area contributed by atoms with Crippen LogP contribution in [0.1, 0.15) is 29.6 Å². The molecule has 0 spiro atoms. The van der Waals surface area contributed by atoms with E-state index in [9.17, 15) is 18.0 Å². The monoisotopic (exact) mass is 698 g/mol. The Morgan fingerprint density at radius 1 is 0.913 bits per heavy atom. The molecule has 1 amide bonds. The number of rotatable bonds is 11. The van der Waals surface area contributed by atoms with E-state index in [0.717, 1.165) is 5.56 Å². The van der Waals surface area contributed by atoms with Gasteiger partial charge in [-0.15, -0.1) is 0 Å². The molecule has 0 unspecified atom stereocenters. The number of halogens is 3. The smallest absolute Gasteiger partial charge is 0.340 e. The number of hydrogen-bond acceptors (Lipinski definition) is 6. The lowest BCUT2D eigenvalue weighted by Gasteiger charge is -2.22. The number of carbonyl (C=O) groups is 2. The predicted molar refractivity (Wildman–Crippen MR) is 178 cm³/mol. The van der Waals surface area contributed by atoms with Crippen molar-refractivity contribution in [1.82, 2.24) is 9.21 Å². The highest BCUT2D eigenvalue weighted by atomic mass is 35.5. The van der Waals surface area contributed by atoms with E-state index in [-0.39, 0.29) is 40.8 Å². The first kappa shape index (κ1) is 33.5. The van der Waals surface area contributed by atoms with Crippen LogP contribution < -0.4 is 0 Å². The third-order valence-corrected chi connectivity index (χ3v) is 10.3. The highest BCUT2D eigenvalue weighted by molar-refractivity contribution is 7.89. The summed E-state index contributed by atoms with van der Waals surface area (Å²) in [5.74, 6) is -0.446. The van der Waals surface area contributed by atoms with Crippen molar-refractivity contribution < 1.29 is 27.2 Å². The Bertz CT molecular complexity index is 1940. The number of furan rings is 1. The van der Waals surface area contributed by atoms with Crippen molar-refractivity contribution in [3.05, 3.63) is 139 Å². The van der Waals surface area contributed by atoms with Gasteiger partial charge >= 0.3 is 5.97 Å². The fourth-order valence-electron chi connectivity index (χ4n) is 5.08. The van der Waals surface area contributed by atoms with E-state index in [1.807, 2.05) is 30.3 Å². The summed E-state index contributed by atoms with van der Waals surface area (Å²) in [6.07, 6.45) is 2.06. The Labute approximate surface area is 282 Å². The Hall–Kier alpha value is -3.86. The minimum atomic E-state index is -4.03. The molecule has 8 nitrogen and oxygen atoms in total. The van der Waals surface area contributed by atoms with E-state index in [1.165, 1.54) is 41.8 Å². The van der Waals surface area contributed by atoms with Gasteiger partial charge in [-0.2, -0.15) is 4.31 Å². The normalized spacial score (nSPS) is 14.5. The maximum absolute atomic E-state index is 13.8. The van der Waals surface area contributed by atoms with Crippen LogP contribution in [0.2, 0.25) is 15.1 Å². The second-order valence-corrected chi connectivity index (χ2v) is 13.7. The van der Waals surface area contributed by atoms with Crippen LogP contribution >= 0.6 is 34.8 Å². The molecule has 2 heterocycles. The van der Waals surface area contributed by atoms with Gasteiger partial charge in [0.25, 0.3) is 5.91 Å². The summed E-state index contributed by atoms with van der Waals surface area (Å²) in [6, 6.07) is 23.7. The number of benzene rings is 3. The fraction of sp³-hybridized carbons (Fsp3) is 0.176. The molecule has 1 aliphatic rings. The van der Waals surface area contributed by atoms with Crippen molar-refractivity contribution in [3.8, 4) is 0 Å². The molecule has 0 fully saturated rings. The van der Waals surface area contributed by atoms with E-state index in [1.54, 1.807) is 42.2 Å². The molecule has 0 aliphatic carbocycles. The molecule has 4 aromatic rings. The predicted octanol–water partition coefficient (Wildman–Crippen LogP) is 7.55. The highest BCUT2D eigenvalue weighted by Gasteiger charge is 2.37. The second kappa shape index (κ2) is 14.3. The molecule has 0 saturated carbocycles. The highest BCUT2D eigenvalue weighted by Crippen LogP contribution is 2.33. The van der Waals surface area contributed by atoms with Gasteiger partial charge in [0, 0.05) is 23.8 Å². The number of carbonyl (C=O) groups excluding carboxylic acids is 2. The van der Waals surface area contributed by atoms with Gasteiger partial charge in [-0.25, -0.2) is 13.2 Å². The number of amides is 1. The van der Waals surface area contributed by atoms with Gasteiger partial charge in [0.2, 0.25) is 10.0 Å². The summed E-state index contributed by atoms with van der Waals surface area (Å²) in [7, 11) is -2.78. The number of esters is 1. The minimum Gasteiger partial charge on any atom is -0.465 e. The minimum absolute atomic E-state index is 0.0394. The Morgan fingerprint density at radius 3 is 2.30 bits per heavy atom. The molecule has 1 aliphatic heterocycles. The second-order valence-electron chi connectivity index (χ2n) is 10.5. The molecule has 0 N–H and O–H groups in total. The van der Waals surface area contributed by atoms with E-state index >= 15 is 0 Å². The van der Waals surface area contributed by atoms with E-state index in [0.29, 0.717) is 45.1 Å². The van der Waals surface area contributed by atoms with Crippen molar-refractivity contribution in [3.63, 3.8) is 0 Å². The number of nitrogens with zero attached hydrogens (tertiary/aromatic N) is 2. The first-order chi connectivity index (χ1) is 22.0. The molecule has 3 aromatic carbocycles. The van der Waals surface area contributed by atoms with E-state index in [4.69, 9.17) is 44.0 Å². The Kier molecular flexibility index (Phi) is 10.4. The van der Waals surface area contributed by atoms with Gasteiger partial charge in [0.05, 0.1) is 39.7 Å². The molecular weight excluding hydrogens is 671 g/mol. The summed E-state index contributed by atoms with van der Waals surface area (Å²) in [5.41, 5.74) is 2.41. The maximum atomic E-state index is 13.8. The standard InChI is InChI=1S/C34H29Cl3N2O6S/c1-22-32(34(41)44-2)29(33(40)39(22)17-16-23-6-4-3-5-7-23)19-26-11-12-27(45-26)21-38(20-24-8-15-30(36)31(37)18-24)46(42,43)28-13-9-25(35)10-14-28/h3-15,18-19H,16-17,20-21H2,1-2H3/b29-19+. The third-order valence-electron chi connectivity index (χ3n) is 7.46. The molecule has 1 aromatic heterocycles. The Balaban J connectivity index is 1.44. The zero-order chi connectivity index (χ0) is 33.0. The van der Waals surface area contributed by atoms with Crippen molar-refractivity contribution >= 4 is 62.8 Å². The van der Waals surface area contributed by atoms with Crippen molar-refractivity contribution in [2.24, 2.45) is 0 Å². The average molecular weight is 700 g/mol. The lowest BCUT2D eigenvalue weighted by atomic mass is 10.1. The lowest BCUT2D eigenvalue weighted by molar-refractivity contribution is -0.136. The van der Waals surface area contributed by atoms with Crippen LogP contribution in [-0.4, -0.2) is 43.2 Å². The summed E-state index contributed by atoms with van der Waals surface area (Å²) in [4.78, 5) is 28.0. The van der Waals surface area contributed by atoms with Crippen molar-refractivity contribution in [2.45, 2.75) is 31.3 Å². The zero-order valence-corrected chi connectivity index (χ0v) is 28.0. The van der Waals surface area contributed by atoms with Crippen molar-refractivity contribution in [2.75, 3.05) is 13.7 Å². The average Bonchev–Trinajstić information content (AvgIpc) is 3.58. The number of ether oxygens (including phenoxy) is 1. The number of hydrogen-bond donors (Lipinski definition) is 0. The van der Waals surface area contributed by atoms with Crippen LogP contribution in [0.5, 0.6) is 0 Å². The fourth-order valence-corrected chi connectivity index (χ4v) is 6.92. The summed E-state index contributed by atoms with van der Waals surface area (Å²) in [5, 5.41) is 1.03. The van der Waals surface area contributed by atoms with Gasteiger partial charge < -0.3 is 14.1 Å². The maximum Gasteiger partial charge on any atom is 0.340 e. The lowest BCUT2D eigenvalue weighted by Crippen LogP contribution is -2.30. The Morgan fingerprint density at radius 2 is 1.63 bits per heavy atom. The largest absolute Gasteiger partial charge is 0.465 e. The van der Waals surface area contributed by atoms with Crippen molar-refractivity contribution in [1.29, 1.82) is 0 Å². The molecule has 12 heteroatoms. The molecule has 238 valence electrons. The van der Waals surface area contributed by atoms with Crippen LogP contribution in [0, 0.1) is 0 Å². The molecule has 5 rings (SSSR count). The molecule has 46 heavy (non-hydrogen) atoms. The summed E-state index contributed by atoms with van der Waals surface area (Å²) < 4.78 is 39.8. The molecular formula is C34H29Cl3N2O6S. The first-order valence-corrected chi connectivity index (χ1v) is 16.7. The van der Waals surface area contributed by atoms with Crippen LogP contribution in [-0.2, 0) is 43.9 Å². The van der Waals surface area contributed by atoms with Gasteiger partial charge in [0.15, 0.2) is 0 Å². The topological polar surface area (TPSA) is 97.1 Å². The van der Waals surface area contributed by atoms with E-state index < -0.39 is 16.0 Å². The molecule has 0 atom stereocenters. The number of allylic oxidation sites excluding steroid dienone is 1. The van der Waals surface area contributed by atoms with Gasteiger partial charge in [0.1, 0.15) is 11.5 Å². The number of sulfonamides is 1. The molecule has 0 saturated heterocycles. The molecule has 0 bridgehead atoms. The first-order valence-electron chi connectivity index (χ1n) is 14.1. The summed E-state index contributed by atoms with van der Waals surface area (Å²) in [6.45, 7) is 1.88. The van der Waals surface area contributed by atoms with Gasteiger partial charge in [-0.3, -0.25) is 4.79 Å². The van der Waals surface area contributed by atoms with Crippen LogP contribution in [0.15, 0.2) is 111 Å².